The van der Waals surface area contributed by atoms with Crippen LogP contribution in [0.1, 0.15) is 156 Å². The maximum Gasteiger partial charge on any atom is 0.0483 e. The molecule has 0 radical (unpaired) electrons. The molecule has 0 aromatic heterocycles. The van der Waals surface area contributed by atoms with E-state index in [0.717, 1.165) is 13.2 Å². The van der Waals surface area contributed by atoms with Gasteiger partial charge in [0.1, 0.15) is 0 Å². The fraction of sp³-hybridized carbons (Fsp3) is 1.00. The van der Waals surface area contributed by atoms with E-state index in [1.54, 1.807) is 13.8 Å². The lowest BCUT2D eigenvalue weighted by Crippen LogP contribution is -1.97. The second-order valence-corrected chi connectivity index (χ2v) is 9.07. The number of aliphatic hydroxyl groups excluding tert-OH is 1. The highest BCUT2D eigenvalue weighted by molar-refractivity contribution is 4.49. The summed E-state index contributed by atoms with van der Waals surface area (Å²) in [6.45, 7) is 10.0. The van der Waals surface area contributed by atoms with E-state index in [1.807, 2.05) is 0 Å². The zero-order valence-electron chi connectivity index (χ0n) is 21.7. The molecule has 3 nitrogen and oxygen atoms in total. The molecule has 0 aliphatic carbocycles. The molecule has 4 N–H and O–H groups in total. The molecule has 0 aromatic carbocycles. The first-order valence-electron chi connectivity index (χ1n) is 13.4. The molecule has 0 saturated carbocycles. The smallest absolute Gasteiger partial charge is 0.0483 e. The Labute approximate surface area is 191 Å². The van der Waals surface area contributed by atoms with E-state index in [4.69, 9.17) is 9.84 Å². The third-order valence-corrected chi connectivity index (χ3v) is 5.28. The monoisotopic (exact) mass is 431 g/mol. The van der Waals surface area contributed by atoms with Crippen molar-refractivity contribution in [1.82, 2.24) is 6.15 Å². The van der Waals surface area contributed by atoms with E-state index in [9.17, 15) is 0 Å². The van der Waals surface area contributed by atoms with Crippen LogP contribution in [0.4, 0.5) is 0 Å². The van der Waals surface area contributed by atoms with Crippen molar-refractivity contribution < 1.29 is 9.84 Å². The van der Waals surface area contributed by atoms with Crippen LogP contribution in [0.3, 0.4) is 0 Å². The van der Waals surface area contributed by atoms with Gasteiger partial charge in [-0.05, 0) is 26.7 Å². The number of unbranched alkanes of at least 4 members (excludes halogenated alkanes) is 18. The lowest BCUT2D eigenvalue weighted by molar-refractivity contribution is 0.125. The molecule has 186 valence electrons. The van der Waals surface area contributed by atoms with E-state index < -0.39 is 0 Å². The molecular formula is C27H61NO2. The normalized spacial score (nSPS) is 10.6. The van der Waals surface area contributed by atoms with Gasteiger partial charge in [-0.1, -0.05) is 129 Å². The fourth-order valence-corrected chi connectivity index (χ4v) is 3.49. The third kappa shape index (κ3) is 42.1. The summed E-state index contributed by atoms with van der Waals surface area (Å²) in [5.74, 6) is 0. The van der Waals surface area contributed by atoms with Crippen molar-refractivity contribution in [3.63, 3.8) is 0 Å². The Morgan fingerprint density at radius 3 is 0.900 bits per heavy atom. The molecule has 0 unspecified atom stereocenters. The standard InChI is InChI=1S/C24H50O.C3H8O.H3N/c1-3-5-7-9-11-13-15-17-19-21-23-25-24-22-20-18-16-14-12-10-8-6-4-2;1-3(2)4;/h3-24H2,1-2H3;3-4H,1-2H3;1H3. The van der Waals surface area contributed by atoms with Crippen molar-refractivity contribution in [3.05, 3.63) is 0 Å². The lowest BCUT2D eigenvalue weighted by atomic mass is 10.1. The Balaban J connectivity index is -0.00000133. The molecule has 0 aliphatic rings. The van der Waals surface area contributed by atoms with Gasteiger partial charge in [0.05, 0.1) is 0 Å². The average molecular weight is 432 g/mol. The Morgan fingerprint density at radius 1 is 0.467 bits per heavy atom. The zero-order valence-corrected chi connectivity index (χ0v) is 21.7. The average Bonchev–Trinajstić information content (AvgIpc) is 2.69. The SMILES string of the molecule is CC(C)O.CCCCCCCCCCCCOCCCCCCCCCCCC.N. The van der Waals surface area contributed by atoms with Gasteiger partial charge in [0.25, 0.3) is 0 Å². The molecule has 30 heavy (non-hydrogen) atoms. The first kappa shape index (κ1) is 34.5. The summed E-state index contributed by atoms with van der Waals surface area (Å²) in [6.07, 6.45) is 28.0. The minimum Gasteiger partial charge on any atom is -0.394 e. The largest absolute Gasteiger partial charge is 0.394 e. The number of hydrogen-bond acceptors (Lipinski definition) is 3. The maximum absolute atomic E-state index is 8.06. The zero-order chi connectivity index (χ0) is 21.8. The van der Waals surface area contributed by atoms with Gasteiger partial charge in [-0.15, -0.1) is 0 Å². The van der Waals surface area contributed by atoms with E-state index in [0.29, 0.717) is 0 Å². The summed E-state index contributed by atoms with van der Waals surface area (Å²) in [7, 11) is 0. The molecule has 0 aliphatic heterocycles. The summed E-state index contributed by atoms with van der Waals surface area (Å²) >= 11 is 0. The topological polar surface area (TPSA) is 64.5 Å². The first-order valence-corrected chi connectivity index (χ1v) is 13.4. The van der Waals surface area contributed by atoms with Crippen molar-refractivity contribution >= 4 is 0 Å². The molecule has 0 spiro atoms. The minimum absolute atomic E-state index is 0. The molecule has 0 amide bonds. The van der Waals surface area contributed by atoms with Crippen LogP contribution in [-0.2, 0) is 4.74 Å². The van der Waals surface area contributed by atoms with Crippen LogP contribution >= 0.6 is 0 Å². The van der Waals surface area contributed by atoms with Gasteiger partial charge in [0, 0.05) is 19.3 Å². The number of rotatable bonds is 22. The Bertz CT molecular complexity index is 234. The van der Waals surface area contributed by atoms with Gasteiger partial charge in [-0.25, -0.2) is 0 Å². The van der Waals surface area contributed by atoms with Gasteiger partial charge in [0.2, 0.25) is 0 Å². The lowest BCUT2D eigenvalue weighted by Gasteiger charge is -2.05. The number of aliphatic hydroxyl groups is 1. The molecule has 0 rings (SSSR count). The number of hydrogen-bond donors (Lipinski definition) is 2. The molecule has 0 saturated heterocycles. The van der Waals surface area contributed by atoms with E-state index in [2.05, 4.69) is 13.8 Å². The fourth-order valence-electron chi connectivity index (χ4n) is 3.49. The van der Waals surface area contributed by atoms with Crippen LogP contribution in [0.25, 0.3) is 0 Å². The molecule has 0 atom stereocenters. The molecular weight excluding hydrogens is 370 g/mol. The van der Waals surface area contributed by atoms with Crippen molar-refractivity contribution in [1.29, 1.82) is 0 Å². The molecule has 0 aromatic rings. The Morgan fingerprint density at radius 2 is 0.667 bits per heavy atom. The molecule has 0 heterocycles. The van der Waals surface area contributed by atoms with Crippen molar-refractivity contribution in [2.75, 3.05) is 13.2 Å². The summed E-state index contributed by atoms with van der Waals surface area (Å²) in [5.41, 5.74) is 0. The van der Waals surface area contributed by atoms with E-state index in [-0.39, 0.29) is 12.3 Å². The second-order valence-electron chi connectivity index (χ2n) is 9.07. The van der Waals surface area contributed by atoms with Gasteiger partial charge < -0.3 is 16.0 Å². The van der Waals surface area contributed by atoms with E-state index >= 15 is 0 Å². The first-order chi connectivity index (χ1) is 14.1. The maximum atomic E-state index is 8.06. The predicted octanol–water partition coefficient (Wildman–Crippen LogP) is 9.39. The quantitative estimate of drug-likeness (QED) is 0.168. The van der Waals surface area contributed by atoms with Gasteiger partial charge in [0.15, 0.2) is 0 Å². The summed E-state index contributed by atoms with van der Waals surface area (Å²) < 4.78 is 5.78. The molecule has 3 heteroatoms. The van der Waals surface area contributed by atoms with Gasteiger partial charge in [-0.2, -0.15) is 0 Å². The van der Waals surface area contributed by atoms with Gasteiger partial charge >= 0.3 is 0 Å². The summed E-state index contributed by atoms with van der Waals surface area (Å²) in [6, 6.07) is 0. The van der Waals surface area contributed by atoms with Crippen molar-refractivity contribution in [2.24, 2.45) is 0 Å². The Hall–Kier alpha value is -0.120. The van der Waals surface area contributed by atoms with Crippen molar-refractivity contribution in [3.8, 4) is 0 Å². The van der Waals surface area contributed by atoms with Crippen LogP contribution in [0.5, 0.6) is 0 Å². The minimum atomic E-state index is -0.167. The van der Waals surface area contributed by atoms with Crippen LogP contribution in [0.15, 0.2) is 0 Å². The predicted molar refractivity (Wildman–Crippen MR) is 137 cm³/mol. The van der Waals surface area contributed by atoms with Crippen LogP contribution < -0.4 is 6.15 Å². The van der Waals surface area contributed by atoms with Crippen LogP contribution in [0, 0.1) is 0 Å². The van der Waals surface area contributed by atoms with Crippen LogP contribution in [-0.4, -0.2) is 24.4 Å². The highest BCUT2D eigenvalue weighted by Crippen LogP contribution is 2.12. The third-order valence-electron chi connectivity index (χ3n) is 5.28. The summed E-state index contributed by atoms with van der Waals surface area (Å²) in [4.78, 5) is 0. The summed E-state index contributed by atoms with van der Waals surface area (Å²) in [5, 5.41) is 8.06. The highest BCUT2D eigenvalue weighted by atomic mass is 16.5. The van der Waals surface area contributed by atoms with Gasteiger partial charge in [-0.3, -0.25) is 0 Å². The number of ether oxygens (including phenoxy) is 1. The highest BCUT2D eigenvalue weighted by Gasteiger charge is 1.95. The van der Waals surface area contributed by atoms with Crippen molar-refractivity contribution in [2.45, 2.75) is 162 Å². The molecule has 0 fully saturated rings. The second kappa shape index (κ2) is 33.5. The Kier molecular flexibility index (Phi) is 38.5. The van der Waals surface area contributed by atoms with E-state index in [1.165, 1.54) is 128 Å². The molecule has 0 bridgehead atoms. The van der Waals surface area contributed by atoms with Crippen LogP contribution in [0.2, 0.25) is 0 Å².